The fourth-order valence-corrected chi connectivity index (χ4v) is 3.22. The van der Waals surface area contributed by atoms with Crippen molar-refractivity contribution >= 4 is 23.7 Å². The lowest BCUT2D eigenvalue weighted by atomic mass is 10.2. The Morgan fingerprint density at radius 1 is 1.24 bits per heavy atom. The molecule has 1 aliphatic carbocycles. The summed E-state index contributed by atoms with van der Waals surface area (Å²) in [6, 6.07) is 9.86. The molecule has 0 unspecified atom stereocenters. The summed E-state index contributed by atoms with van der Waals surface area (Å²) in [5.41, 5.74) is 1.18. The molecule has 1 aliphatic rings. The Labute approximate surface area is 130 Å². The normalized spacial score (nSPS) is 16.4. The quantitative estimate of drug-likeness (QED) is 0.879. The highest BCUT2D eigenvalue weighted by atomic mass is 32.2. The second-order valence-corrected chi connectivity index (χ2v) is 6.71. The summed E-state index contributed by atoms with van der Waals surface area (Å²) in [5.74, 6) is 0.533. The number of carbonyl (C=O) groups is 2. The van der Waals surface area contributed by atoms with Crippen molar-refractivity contribution in [2.24, 2.45) is 0 Å². The summed E-state index contributed by atoms with van der Waals surface area (Å²) >= 11 is 1.53. The zero-order valence-electron chi connectivity index (χ0n) is 12.3. The van der Waals surface area contributed by atoms with E-state index in [0.717, 1.165) is 31.4 Å². The van der Waals surface area contributed by atoms with Gasteiger partial charge in [0, 0.05) is 11.8 Å². The second-order valence-electron chi connectivity index (χ2n) is 5.38. The monoisotopic (exact) mass is 306 g/mol. The molecule has 0 aromatic heterocycles. The molecule has 1 aromatic rings. The highest BCUT2D eigenvalue weighted by Gasteiger charge is 2.20. The number of carbonyl (C=O) groups excluding carboxylic acids is 2. The summed E-state index contributed by atoms with van der Waals surface area (Å²) in [7, 11) is 0. The summed E-state index contributed by atoms with van der Waals surface area (Å²) in [6.45, 7) is 1.83. The first-order valence-electron chi connectivity index (χ1n) is 7.42. The summed E-state index contributed by atoms with van der Waals surface area (Å²) < 4.78 is 0. The van der Waals surface area contributed by atoms with Crippen LogP contribution in [0.25, 0.3) is 0 Å². The van der Waals surface area contributed by atoms with E-state index in [-0.39, 0.29) is 23.2 Å². The average Bonchev–Trinajstić information content (AvgIpc) is 2.98. The van der Waals surface area contributed by atoms with Crippen LogP contribution in [-0.2, 0) is 10.5 Å². The molecule has 1 atom stereocenters. The van der Waals surface area contributed by atoms with Gasteiger partial charge in [0.25, 0.3) is 0 Å². The number of nitrogens with one attached hydrogen (secondary N) is 2. The van der Waals surface area contributed by atoms with Crippen LogP contribution in [0, 0.1) is 0 Å². The van der Waals surface area contributed by atoms with Crippen molar-refractivity contribution in [2.75, 3.05) is 0 Å². The predicted octanol–water partition coefficient (Wildman–Crippen LogP) is 3.08. The highest BCUT2D eigenvalue weighted by molar-refractivity contribution is 7.99. The van der Waals surface area contributed by atoms with E-state index in [1.54, 1.807) is 0 Å². The lowest BCUT2D eigenvalue weighted by Gasteiger charge is -2.14. The molecule has 21 heavy (non-hydrogen) atoms. The van der Waals surface area contributed by atoms with E-state index in [9.17, 15) is 9.59 Å². The van der Waals surface area contributed by atoms with Crippen LogP contribution in [0.5, 0.6) is 0 Å². The van der Waals surface area contributed by atoms with E-state index in [2.05, 4.69) is 10.6 Å². The number of thioether (sulfide) groups is 1. The van der Waals surface area contributed by atoms with E-state index in [4.69, 9.17) is 0 Å². The molecule has 1 fully saturated rings. The smallest absolute Gasteiger partial charge is 0.321 e. The molecule has 0 aliphatic heterocycles. The Balaban J connectivity index is 1.70. The lowest BCUT2D eigenvalue weighted by molar-refractivity contribution is -0.119. The first-order chi connectivity index (χ1) is 10.1. The number of amides is 3. The minimum atomic E-state index is -0.362. The SMILES string of the molecule is C[C@H](SCc1ccccc1)C(=O)NC(=O)NC1CCCC1. The number of hydrogen-bond acceptors (Lipinski definition) is 3. The van der Waals surface area contributed by atoms with Gasteiger partial charge in [0.05, 0.1) is 5.25 Å². The molecule has 1 aromatic carbocycles. The molecule has 0 saturated heterocycles. The predicted molar refractivity (Wildman–Crippen MR) is 86.1 cm³/mol. The Bertz CT molecular complexity index is 472. The van der Waals surface area contributed by atoms with Gasteiger partial charge in [0.2, 0.25) is 5.91 Å². The molecule has 114 valence electrons. The molecule has 0 spiro atoms. The van der Waals surface area contributed by atoms with E-state index >= 15 is 0 Å². The summed E-state index contributed by atoms with van der Waals surface area (Å²) in [4.78, 5) is 23.7. The van der Waals surface area contributed by atoms with E-state index in [0.29, 0.717) is 0 Å². The average molecular weight is 306 g/mol. The molecule has 5 heteroatoms. The van der Waals surface area contributed by atoms with Crippen LogP contribution in [-0.4, -0.2) is 23.2 Å². The van der Waals surface area contributed by atoms with Crippen LogP contribution in [0.15, 0.2) is 30.3 Å². The van der Waals surface area contributed by atoms with Gasteiger partial charge in [-0.2, -0.15) is 0 Å². The molecule has 2 N–H and O–H groups in total. The van der Waals surface area contributed by atoms with Gasteiger partial charge in [-0.3, -0.25) is 10.1 Å². The largest absolute Gasteiger partial charge is 0.335 e. The van der Waals surface area contributed by atoms with Gasteiger partial charge in [0.1, 0.15) is 0 Å². The van der Waals surface area contributed by atoms with Gasteiger partial charge in [0.15, 0.2) is 0 Å². The van der Waals surface area contributed by atoms with Gasteiger partial charge < -0.3 is 5.32 Å². The summed E-state index contributed by atoms with van der Waals surface area (Å²) in [6.07, 6.45) is 4.34. The maximum Gasteiger partial charge on any atom is 0.321 e. The Hall–Kier alpha value is -1.49. The third-order valence-electron chi connectivity index (χ3n) is 3.64. The van der Waals surface area contributed by atoms with Crippen molar-refractivity contribution < 1.29 is 9.59 Å². The molecular formula is C16H22N2O2S. The van der Waals surface area contributed by atoms with E-state index < -0.39 is 0 Å². The van der Waals surface area contributed by atoms with Gasteiger partial charge in [-0.1, -0.05) is 43.2 Å². The number of benzene rings is 1. The number of hydrogen-bond donors (Lipinski definition) is 2. The second kappa shape index (κ2) is 8.08. The molecule has 1 saturated carbocycles. The Kier molecular flexibility index (Phi) is 6.11. The maximum atomic E-state index is 12.0. The maximum absolute atomic E-state index is 12.0. The first-order valence-corrected chi connectivity index (χ1v) is 8.47. The fourth-order valence-electron chi connectivity index (χ4n) is 2.38. The summed E-state index contributed by atoms with van der Waals surface area (Å²) in [5, 5.41) is 5.04. The highest BCUT2D eigenvalue weighted by Crippen LogP contribution is 2.18. The topological polar surface area (TPSA) is 58.2 Å². The molecule has 0 radical (unpaired) electrons. The molecule has 0 heterocycles. The van der Waals surface area contributed by atoms with E-state index in [1.807, 2.05) is 37.3 Å². The van der Waals surface area contributed by atoms with Crippen LogP contribution in [0.1, 0.15) is 38.2 Å². The molecule has 4 nitrogen and oxygen atoms in total. The zero-order chi connectivity index (χ0) is 15.1. The molecule has 2 rings (SSSR count). The molecule has 3 amide bonds. The number of imide groups is 1. The van der Waals surface area contributed by atoms with Crippen molar-refractivity contribution in [3.05, 3.63) is 35.9 Å². The van der Waals surface area contributed by atoms with Crippen LogP contribution >= 0.6 is 11.8 Å². The molecular weight excluding hydrogens is 284 g/mol. The van der Waals surface area contributed by atoms with E-state index in [1.165, 1.54) is 17.3 Å². The van der Waals surface area contributed by atoms with Crippen LogP contribution in [0.3, 0.4) is 0 Å². The van der Waals surface area contributed by atoms with Crippen molar-refractivity contribution in [1.29, 1.82) is 0 Å². The minimum Gasteiger partial charge on any atom is -0.335 e. The van der Waals surface area contributed by atoms with Crippen LogP contribution < -0.4 is 10.6 Å². The van der Waals surface area contributed by atoms with Crippen molar-refractivity contribution in [3.63, 3.8) is 0 Å². The van der Waals surface area contributed by atoms with Gasteiger partial charge in [-0.15, -0.1) is 11.8 Å². The number of urea groups is 1. The number of rotatable bonds is 5. The standard InChI is InChI=1S/C16H22N2O2S/c1-12(21-11-13-7-3-2-4-8-13)15(19)18-16(20)17-14-9-5-6-10-14/h2-4,7-8,12,14H,5-6,9-11H2,1H3,(H2,17,18,19,20)/t12-/m0/s1. The first kappa shape index (κ1) is 15.9. The lowest BCUT2D eigenvalue weighted by Crippen LogP contribution is -2.45. The third-order valence-corrected chi connectivity index (χ3v) is 4.85. The van der Waals surface area contributed by atoms with Crippen LogP contribution in [0.4, 0.5) is 4.79 Å². The molecule has 0 bridgehead atoms. The minimum absolute atomic E-state index is 0.227. The fraction of sp³-hybridized carbons (Fsp3) is 0.500. The van der Waals surface area contributed by atoms with Crippen molar-refractivity contribution in [3.8, 4) is 0 Å². The zero-order valence-corrected chi connectivity index (χ0v) is 13.1. The third kappa shape index (κ3) is 5.42. The Morgan fingerprint density at radius 2 is 1.90 bits per heavy atom. The van der Waals surface area contributed by atoms with Crippen molar-refractivity contribution in [2.45, 2.75) is 49.7 Å². The van der Waals surface area contributed by atoms with Gasteiger partial charge >= 0.3 is 6.03 Å². The van der Waals surface area contributed by atoms with Crippen LogP contribution in [0.2, 0.25) is 0 Å². The van der Waals surface area contributed by atoms with Gasteiger partial charge in [-0.25, -0.2) is 4.79 Å². The van der Waals surface area contributed by atoms with Gasteiger partial charge in [-0.05, 0) is 25.3 Å². The van der Waals surface area contributed by atoms with Crippen molar-refractivity contribution in [1.82, 2.24) is 10.6 Å². The Morgan fingerprint density at radius 3 is 2.57 bits per heavy atom.